The van der Waals surface area contributed by atoms with Crippen LogP contribution in [0.2, 0.25) is 0 Å². The fourth-order valence-electron chi connectivity index (χ4n) is 3.52. The lowest BCUT2D eigenvalue weighted by molar-refractivity contribution is 0.131. The molecule has 1 aliphatic heterocycles. The van der Waals surface area contributed by atoms with E-state index in [0.717, 1.165) is 41.1 Å². The number of nitrogens with zero attached hydrogens (tertiary/aromatic N) is 1. The third-order valence-electron chi connectivity index (χ3n) is 4.62. The molecule has 0 aliphatic carbocycles. The van der Waals surface area contributed by atoms with Gasteiger partial charge >= 0.3 is 0 Å². The van der Waals surface area contributed by atoms with Crippen molar-refractivity contribution in [3.63, 3.8) is 0 Å². The highest BCUT2D eigenvalue weighted by molar-refractivity contribution is 5.84. The summed E-state index contributed by atoms with van der Waals surface area (Å²) in [5.74, 6) is 0.800. The van der Waals surface area contributed by atoms with Crippen molar-refractivity contribution in [2.24, 2.45) is 4.99 Å². The SMILES string of the molecule is CCCC1=Nc2ccccc2C(c2ccccc2)(c2ccccc2)O1. The van der Waals surface area contributed by atoms with E-state index < -0.39 is 5.60 Å². The lowest BCUT2D eigenvalue weighted by Crippen LogP contribution is -2.37. The molecule has 0 aromatic heterocycles. The minimum atomic E-state index is -0.661. The first-order valence-electron chi connectivity index (χ1n) is 8.81. The predicted molar refractivity (Wildman–Crippen MR) is 102 cm³/mol. The van der Waals surface area contributed by atoms with Crippen LogP contribution in [0.5, 0.6) is 0 Å². The van der Waals surface area contributed by atoms with Crippen LogP contribution in [0.1, 0.15) is 36.5 Å². The fourth-order valence-corrected chi connectivity index (χ4v) is 3.52. The summed E-state index contributed by atoms with van der Waals surface area (Å²) < 4.78 is 6.66. The van der Waals surface area contributed by atoms with Crippen molar-refractivity contribution in [1.29, 1.82) is 0 Å². The van der Waals surface area contributed by atoms with Gasteiger partial charge in [-0.2, -0.15) is 0 Å². The van der Waals surface area contributed by atoms with Crippen molar-refractivity contribution in [3.8, 4) is 0 Å². The summed E-state index contributed by atoms with van der Waals surface area (Å²) >= 11 is 0. The second-order valence-electron chi connectivity index (χ2n) is 6.29. The average Bonchev–Trinajstić information content (AvgIpc) is 2.69. The third-order valence-corrected chi connectivity index (χ3v) is 4.62. The summed E-state index contributed by atoms with van der Waals surface area (Å²) in [6.07, 6.45) is 1.83. The van der Waals surface area contributed by atoms with Gasteiger partial charge in [0.05, 0.1) is 5.69 Å². The van der Waals surface area contributed by atoms with E-state index in [1.165, 1.54) is 0 Å². The molecule has 4 rings (SSSR count). The maximum atomic E-state index is 6.66. The highest BCUT2D eigenvalue weighted by atomic mass is 16.5. The van der Waals surface area contributed by atoms with Crippen molar-refractivity contribution in [1.82, 2.24) is 0 Å². The smallest absolute Gasteiger partial charge is 0.190 e. The van der Waals surface area contributed by atoms with Crippen molar-refractivity contribution < 1.29 is 4.74 Å². The molecule has 2 heteroatoms. The molecule has 0 amide bonds. The molecule has 0 spiro atoms. The molecule has 0 N–H and O–H groups in total. The van der Waals surface area contributed by atoms with E-state index in [2.05, 4.69) is 73.7 Å². The number of rotatable bonds is 4. The maximum Gasteiger partial charge on any atom is 0.190 e. The largest absolute Gasteiger partial charge is 0.460 e. The van der Waals surface area contributed by atoms with E-state index >= 15 is 0 Å². The van der Waals surface area contributed by atoms with Crippen LogP contribution in [0.25, 0.3) is 0 Å². The Morgan fingerprint density at radius 2 is 1.32 bits per heavy atom. The van der Waals surface area contributed by atoms with E-state index in [0.29, 0.717) is 0 Å². The summed E-state index contributed by atoms with van der Waals surface area (Å²) in [4.78, 5) is 4.78. The molecule has 1 aliphatic rings. The van der Waals surface area contributed by atoms with E-state index in [-0.39, 0.29) is 0 Å². The van der Waals surface area contributed by atoms with Gasteiger partial charge in [0.15, 0.2) is 11.5 Å². The van der Waals surface area contributed by atoms with Crippen LogP contribution in [0.3, 0.4) is 0 Å². The third kappa shape index (κ3) is 2.64. The van der Waals surface area contributed by atoms with Gasteiger partial charge in [0.1, 0.15) is 0 Å². The molecule has 3 aromatic rings. The Morgan fingerprint density at radius 1 is 0.760 bits per heavy atom. The quantitative estimate of drug-likeness (QED) is 0.590. The van der Waals surface area contributed by atoms with Crippen LogP contribution in [-0.2, 0) is 10.3 Å². The minimum Gasteiger partial charge on any atom is -0.460 e. The van der Waals surface area contributed by atoms with Crippen LogP contribution in [0.15, 0.2) is 89.9 Å². The minimum absolute atomic E-state index is 0.661. The number of aliphatic imine (C=N–C) groups is 1. The number of benzene rings is 3. The second-order valence-corrected chi connectivity index (χ2v) is 6.29. The molecule has 3 aromatic carbocycles. The second kappa shape index (κ2) is 6.56. The van der Waals surface area contributed by atoms with Gasteiger partial charge in [0.25, 0.3) is 0 Å². The zero-order valence-corrected chi connectivity index (χ0v) is 14.4. The standard InChI is InChI=1S/C23H21NO/c1-2-11-22-24-21-17-10-9-16-20(21)23(25-22,18-12-5-3-6-13-18)19-14-7-4-8-15-19/h3-10,12-17H,2,11H2,1H3. The molecule has 25 heavy (non-hydrogen) atoms. The molecule has 0 atom stereocenters. The number of para-hydroxylation sites is 1. The molecule has 0 bridgehead atoms. The first-order chi connectivity index (χ1) is 12.3. The summed E-state index contributed by atoms with van der Waals surface area (Å²) in [7, 11) is 0. The molecule has 0 unspecified atom stereocenters. The lowest BCUT2D eigenvalue weighted by atomic mass is 9.78. The van der Waals surface area contributed by atoms with Crippen LogP contribution in [0.4, 0.5) is 5.69 Å². The number of hydrogen-bond acceptors (Lipinski definition) is 2. The van der Waals surface area contributed by atoms with Crippen LogP contribution >= 0.6 is 0 Å². The topological polar surface area (TPSA) is 21.6 Å². The molecule has 1 heterocycles. The summed E-state index contributed by atoms with van der Waals surface area (Å²) in [6, 6.07) is 29.2. The highest BCUT2D eigenvalue weighted by Gasteiger charge is 2.43. The first kappa shape index (κ1) is 15.6. The first-order valence-corrected chi connectivity index (χ1v) is 8.81. The highest BCUT2D eigenvalue weighted by Crippen LogP contribution is 2.47. The Hall–Kier alpha value is -2.87. The van der Waals surface area contributed by atoms with Crippen molar-refractivity contribution >= 4 is 11.6 Å². The number of hydrogen-bond donors (Lipinski definition) is 0. The van der Waals surface area contributed by atoms with Crippen LogP contribution < -0.4 is 0 Å². The van der Waals surface area contributed by atoms with Gasteiger partial charge in [0, 0.05) is 23.1 Å². The fraction of sp³-hybridized carbons (Fsp3) is 0.174. The van der Waals surface area contributed by atoms with Crippen molar-refractivity contribution in [2.75, 3.05) is 0 Å². The molecule has 0 fully saturated rings. The Morgan fingerprint density at radius 3 is 1.92 bits per heavy atom. The van der Waals surface area contributed by atoms with Crippen molar-refractivity contribution in [2.45, 2.75) is 25.4 Å². The number of fused-ring (bicyclic) bond motifs is 1. The zero-order chi connectivity index (χ0) is 17.1. The van der Waals surface area contributed by atoms with Gasteiger partial charge < -0.3 is 4.74 Å². The molecule has 2 nitrogen and oxygen atoms in total. The average molecular weight is 327 g/mol. The van der Waals surface area contributed by atoms with E-state index in [1.807, 2.05) is 18.2 Å². The Kier molecular flexibility index (Phi) is 4.10. The molecule has 0 radical (unpaired) electrons. The molecule has 0 saturated heterocycles. The molecule has 124 valence electrons. The van der Waals surface area contributed by atoms with Gasteiger partial charge in [-0.1, -0.05) is 85.8 Å². The molecular formula is C23H21NO. The van der Waals surface area contributed by atoms with Gasteiger partial charge in [-0.25, -0.2) is 4.99 Å². The normalized spacial score (nSPS) is 15.0. The predicted octanol–water partition coefficient (Wildman–Crippen LogP) is 5.84. The van der Waals surface area contributed by atoms with Crippen LogP contribution in [0, 0.1) is 0 Å². The van der Waals surface area contributed by atoms with Gasteiger partial charge in [-0.3, -0.25) is 0 Å². The Labute approximate surface area is 148 Å². The van der Waals surface area contributed by atoms with Gasteiger partial charge in [-0.15, -0.1) is 0 Å². The number of ether oxygens (including phenoxy) is 1. The summed E-state index contributed by atoms with van der Waals surface area (Å²) in [5, 5.41) is 0. The van der Waals surface area contributed by atoms with Gasteiger partial charge in [0.2, 0.25) is 0 Å². The Balaban J connectivity index is 2.03. The maximum absolute atomic E-state index is 6.66. The zero-order valence-electron chi connectivity index (χ0n) is 14.4. The van der Waals surface area contributed by atoms with Crippen LogP contribution in [-0.4, -0.2) is 5.90 Å². The lowest BCUT2D eigenvalue weighted by Gasteiger charge is -2.39. The Bertz CT molecular complexity index is 845. The monoisotopic (exact) mass is 327 g/mol. The van der Waals surface area contributed by atoms with E-state index in [4.69, 9.17) is 9.73 Å². The molecule has 0 saturated carbocycles. The van der Waals surface area contributed by atoms with E-state index in [9.17, 15) is 0 Å². The summed E-state index contributed by atoms with van der Waals surface area (Å²) in [5.41, 5.74) is 3.66. The summed E-state index contributed by atoms with van der Waals surface area (Å²) in [6.45, 7) is 2.15. The van der Waals surface area contributed by atoms with E-state index in [1.54, 1.807) is 0 Å². The molecular weight excluding hydrogens is 306 g/mol. The van der Waals surface area contributed by atoms with Crippen molar-refractivity contribution in [3.05, 3.63) is 102 Å². The van der Waals surface area contributed by atoms with Gasteiger partial charge in [-0.05, 0) is 12.5 Å².